The highest BCUT2D eigenvalue weighted by molar-refractivity contribution is 5.10. The summed E-state index contributed by atoms with van der Waals surface area (Å²) in [7, 11) is 0. The molecule has 1 unspecified atom stereocenters. The fourth-order valence-corrected chi connectivity index (χ4v) is 0.519. The summed E-state index contributed by atoms with van der Waals surface area (Å²) in [6.07, 6.45) is 0.696. The molecule has 0 amide bonds. The number of hydrogen-bond acceptors (Lipinski definition) is 4. The Morgan fingerprint density at radius 2 is 1.10 bits per heavy atom. The van der Waals surface area contributed by atoms with Crippen molar-refractivity contribution >= 4 is 6.79 Å². The van der Waals surface area contributed by atoms with Crippen LogP contribution in [0.1, 0.15) is 80.2 Å². The van der Waals surface area contributed by atoms with Crippen LogP contribution in [0.3, 0.4) is 0 Å². The summed E-state index contributed by atoms with van der Waals surface area (Å²) in [4.78, 5) is 8.00. The van der Waals surface area contributed by atoms with Crippen molar-refractivity contribution in [1.29, 1.82) is 0 Å². The minimum atomic E-state index is 0. The molecule has 140 valence electrons. The molecule has 0 bridgehead atoms. The Hall–Kier alpha value is -0.450. The van der Waals surface area contributed by atoms with Crippen LogP contribution in [0.15, 0.2) is 0 Å². The van der Waals surface area contributed by atoms with Crippen LogP contribution in [-0.2, 0) is 9.53 Å². The van der Waals surface area contributed by atoms with Crippen molar-refractivity contribution in [3.8, 4) is 0 Å². The number of hydrogen-bond donors (Lipinski definition) is 2. The van der Waals surface area contributed by atoms with Crippen LogP contribution < -0.4 is 0 Å². The molecule has 0 saturated carbocycles. The molecule has 0 fully saturated rings. The molecule has 0 aromatic heterocycles. The zero-order valence-corrected chi connectivity index (χ0v) is 6.82. The average molecular weight is 309 g/mol. The van der Waals surface area contributed by atoms with Gasteiger partial charge in [0.2, 0.25) is 0 Å². The van der Waals surface area contributed by atoms with E-state index in [4.69, 9.17) is 19.7 Å². The Morgan fingerprint density at radius 1 is 0.800 bits per heavy atom. The van der Waals surface area contributed by atoms with Gasteiger partial charge in [-0.15, -0.1) is 0 Å². The van der Waals surface area contributed by atoms with Crippen molar-refractivity contribution in [2.75, 3.05) is 19.8 Å². The van der Waals surface area contributed by atoms with E-state index in [9.17, 15) is 0 Å². The van der Waals surface area contributed by atoms with E-state index in [0.29, 0.717) is 13.0 Å². The molecular weight excluding hydrogens is 256 g/mol. The van der Waals surface area contributed by atoms with Crippen molar-refractivity contribution in [2.45, 2.75) is 86.3 Å². The van der Waals surface area contributed by atoms with Crippen LogP contribution in [0.5, 0.6) is 0 Å². The van der Waals surface area contributed by atoms with Crippen LogP contribution in [0.25, 0.3) is 0 Å². The molecule has 0 heterocycles. The quantitative estimate of drug-likeness (QED) is 0.722. The van der Waals surface area contributed by atoms with E-state index in [1.165, 1.54) is 0 Å². The summed E-state index contributed by atoms with van der Waals surface area (Å²) in [5.74, 6) is 0. The van der Waals surface area contributed by atoms with Gasteiger partial charge < -0.3 is 19.7 Å². The number of aliphatic hydroxyl groups excluding tert-OH is 2. The normalized spacial score (nSPS) is 6.35. The SMILES string of the molecule is C.C.C.C.C.C.C.C.C.C=O.CC(CCO)OCCO. The molecule has 1 atom stereocenters. The third-order valence-corrected chi connectivity index (χ3v) is 1.03. The van der Waals surface area contributed by atoms with Crippen molar-refractivity contribution < 1.29 is 19.7 Å². The van der Waals surface area contributed by atoms with Gasteiger partial charge in [0.05, 0.1) is 19.3 Å². The molecule has 0 aromatic rings. The zero-order chi connectivity index (χ0) is 9.11. The van der Waals surface area contributed by atoms with Gasteiger partial charge in [-0.05, 0) is 13.3 Å². The van der Waals surface area contributed by atoms with E-state index in [-0.39, 0.29) is 86.2 Å². The van der Waals surface area contributed by atoms with E-state index in [0.717, 1.165) is 0 Å². The molecule has 0 rings (SSSR count). The number of carbonyl (C=O) groups is 1. The predicted octanol–water partition coefficient (Wildman–Crippen LogP) is 5.31. The predicted molar refractivity (Wildman–Crippen MR) is 102 cm³/mol. The Balaban J connectivity index is -0.00000000783. The smallest absolute Gasteiger partial charge is 0.106 e. The number of carbonyl (C=O) groups excluding carboxylic acids is 1. The van der Waals surface area contributed by atoms with E-state index in [1.807, 2.05) is 13.7 Å². The molecule has 0 aliphatic heterocycles. The Labute approximate surface area is 133 Å². The topological polar surface area (TPSA) is 66.8 Å². The van der Waals surface area contributed by atoms with Crippen LogP contribution >= 0.6 is 0 Å². The van der Waals surface area contributed by atoms with E-state index < -0.39 is 0 Å². The number of aliphatic hydroxyl groups is 2. The van der Waals surface area contributed by atoms with Crippen LogP contribution in [0.4, 0.5) is 0 Å². The van der Waals surface area contributed by atoms with Crippen molar-refractivity contribution in [2.24, 2.45) is 0 Å². The highest BCUT2D eigenvalue weighted by Gasteiger charge is 1.98. The summed E-state index contributed by atoms with van der Waals surface area (Å²) in [5.41, 5.74) is 0. The Kier molecular flexibility index (Phi) is 461. The molecule has 0 aliphatic carbocycles. The standard InChI is InChI=1S/C6H14O3.CH2O.9CH4/c1-6(2-3-7)9-5-4-8;1-2;;;;;;;;;/h6-8H,2-5H2,1H3;1H2;9*1H4. The molecule has 2 N–H and O–H groups in total. The van der Waals surface area contributed by atoms with Crippen molar-refractivity contribution in [1.82, 2.24) is 0 Å². The maximum Gasteiger partial charge on any atom is 0.106 e. The fourth-order valence-electron chi connectivity index (χ4n) is 0.519. The van der Waals surface area contributed by atoms with E-state index in [2.05, 4.69) is 0 Å². The van der Waals surface area contributed by atoms with Gasteiger partial charge in [-0.2, -0.15) is 0 Å². The van der Waals surface area contributed by atoms with E-state index >= 15 is 0 Å². The Morgan fingerprint density at radius 3 is 1.30 bits per heavy atom. The summed E-state index contributed by atoms with van der Waals surface area (Å²) in [6.45, 7) is 4.43. The zero-order valence-electron chi connectivity index (χ0n) is 6.82. The lowest BCUT2D eigenvalue weighted by atomic mass is 10.3. The summed E-state index contributed by atoms with van der Waals surface area (Å²) < 4.78 is 5.02. The largest absolute Gasteiger partial charge is 0.396 e. The molecule has 20 heavy (non-hydrogen) atoms. The minimum Gasteiger partial charge on any atom is -0.396 e. The van der Waals surface area contributed by atoms with Crippen LogP contribution in [0.2, 0.25) is 0 Å². The molecule has 4 nitrogen and oxygen atoms in total. The van der Waals surface area contributed by atoms with Crippen molar-refractivity contribution in [3.63, 3.8) is 0 Å². The second kappa shape index (κ2) is 100. The third kappa shape index (κ3) is 112. The number of rotatable bonds is 5. The first-order chi connectivity index (χ1) is 5.31. The molecule has 0 aromatic carbocycles. The lowest BCUT2D eigenvalue weighted by Crippen LogP contribution is -2.12. The Bertz CT molecular complexity index is 71.5. The van der Waals surface area contributed by atoms with Gasteiger partial charge in [-0.3, -0.25) is 0 Å². The minimum absolute atomic E-state index is 0. The fraction of sp³-hybridized carbons (Fsp3) is 0.938. The first-order valence-corrected chi connectivity index (χ1v) is 3.43. The van der Waals surface area contributed by atoms with Gasteiger partial charge >= 0.3 is 0 Å². The van der Waals surface area contributed by atoms with Crippen molar-refractivity contribution in [3.05, 3.63) is 0 Å². The van der Waals surface area contributed by atoms with Gasteiger partial charge in [0, 0.05) is 6.61 Å². The first kappa shape index (κ1) is 92.0. The van der Waals surface area contributed by atoms with Crippen LogP contribution in [0, 0.1) is 0 Å². The second-order valence-corrected chi connectivity index (χ2v) is 1.92. The monoisotopic (exact) mass is 308 g/mol. The van der Waals surface area contributed by atoms with Crippen LogP contribution in [-0.4, -0.2) is 42.9 Å². The summed E-state index contributed by atoms with van der Waals surface area (Å²) in [6, 6.07) is 0. The first-order valence-electron chi connectivity index (χ1n) is 3.43. The highest BCUT2D eigenvalue weighted by Crippen LogP contribution is 1.94. The summed E-state index contributed by atoms with van der Waals surface area (Å²) in [5, 5.41) is 16.7. The number of ether oxygens (including phenoxy) is 1. The molecule has 0 radical (unpaired) electrons. The van der Waals surface area contributed by atoms with Gasteiger partial charge in [0.1, 0.15) is 6.79 Å². The lowest BCUT2D eigenvalue weighted by Gasteiger charge is -2.08. The average Bonchev–Trinajstić information content (AvgIpc) is 2.05. The third-order valence-electron chi connectivity index (χ3n) is 1.03. The molecule has 0 aliphatic rings. The molecular formula is C16H52O4. The summed E-state index contributed by atoms with van der Waals surface area (Å²) >= 11 is 0. The van der Waals surface area contributed by atoms with Gasteiger partial charge in [-0.25, -0.2) is 0 Å². The maximum atomic E-state index is 8.39. The molecule has 4 heteroatoms. The highest BCUT2D eigenvalue weighted by atomic mass is 16.5. The second-order valence-electron chi connectivity index (χ2n) is 1.92. The molecule has 0 saturated heterocycles. The molecule has 0 spiro atoms. The maximum absolute atomic E-state index is 8.39. The van der Waals surface area contributed by atoms with E-state index in [1.54, 1.807) is 0 Å². The van der Waals surface area contributed by atoms with Gasteiger partial charge in [0.15, 0.2) is 0 Å². The van der Waals surface area contributed by atoms with Gasteiger partial charge in [-0.1, -0.05) is 66.8 Å². The lowest BCUT2D eigenvalue weighted by molar-refractivity contribution is -0.0980. The van der Waals surface area contributed by atoms with Gasteiger partial charge in [0.25, 0.3) is 0 Å².